The van der Waals surface area contributed by atoms with Gasteiger partial charge in [-0.1, -0.05) is 0 Å². The minimum absolute atomic E-state index is 0.0468. The molecule has 0 spiro atoms. The Morgan fingerprint density at radius 2 is 2.33 bits per heavy atom. The number of aliphatic hydroxyl groups excluding tert-OH is 2. The van der Waals surface area contributed by atoms with Crippen LogP contribution in [0.5, 0.6) is 0 Å². The molecule has 1 fully saturated rings. The van der Waals surface area contributed by atoms with Crippen molar-refractivity contribution in [3.63, 3.8) is 0 Å². The van der Waals surface area contributed by atoms with Crippen LogP contribution in [0.25, 0.3) is 0 Å². The summed E-state index contributed by atoms with van der Waals surface area (Å²) in [6.45, 7) is -0.0468. The van der Waals surface area contributed by atoms with Gasteiger partial charge in [-0.2, -0.15) is 0 Å². The molecule has 3 atom stereocenters. The highest BCUT2D eigenvalue weighted by molar-refractivity contribution is 4.86. The molecule has 3 unspecified atom stereocenters. The minimum atomic E-state index is -0.481. The first-order valence-electron chi connectivity index (χ1n) is 3.04. The SMILES string of the molecule is NC1CC(O)C(CO)N1. The standard InChI is InChI=1S/C5H12N2O2/c6-5-1-4(9)3(2-8)7-5/h3-5,7-9H,1-2,6H2. The predicted molar refractivity (Wildman–Crippen MR) is 32.6 cm³/mol. The number of hydrogen-bond acceptors (Lipinski definition) is 4. The summed E-state index contributed by atoms with van der Waals surface area (Å²) in [5.74, 6) is 0. The van der Waals surface area contributed by atoms with Gasteiger partial charge in [0.05, 0.1) is 24.9 Å². The third-order valence-electron chi connectivity index (χ3n) is 1.58. The lowest BCUT2D eigenvalue weighted by atomic mass is 10.2. The van der Waals surface area contributed by atoms with Crippen LogP contribution in [0.3, 0.4) is 0 Å². The van der Waals surface area contributed by atoms with Crippen LogP contribution in [-0.2, 0) is 0 Å². The lowest BCUT2D eigenvalue weighted by Gasteiger charge is -2.09. The molecule has 0 radical (unpaired) electrons. The third kappa shape index (κ3) is 1.40. The average molecular weight is 132 g/mol. The summed E-state index contributed by atoms with van der Waals surface area (Å²) < 4.78 is 0. The third-order valence-corrected chi connectivity index (χ3v) is 1.58. The minimum Gasteiger partial charge on any atom is -0.395 e. The molecule has 1 aliphatic heterocycles. The van der Waals surface area contributed by atoms with Crippen molar-refractivity contribution in [2.24, 2.45) is 5.73 Å². The first-order valence-corrected chi connectivity index (χ1v) is 3.04. The summed E-state index contributed by atoms with van der Waals surface area (Å²) in [5.41, 5.74) is 5.41. The van der Waals surface area contributed by atoms with Gasteiger partial charge in [-0.15, -0.1) is 0 Å². The summed E-state index contributed by atoms with van der Waals surface area (Å²) in [7, 11) is 0. The van der Waals surface area contributed by atoms with Gasteiger partial charge in [0.25, 0.3) is 0 Å². The van der Waals surface area contributed by atoms with Crippen LogP contribution in [-0.4, -0.2) is 35.1 Å². The molecule has 1 heterocycles. The molecular formula is C5H12N2O2. The first kappa shape index (κ1) is 6.95. The Hall–Kier alpha value is -0.160. The highest BCUT2D eigenvalue weighted by Gasteiger charge is 2.28. The van der Waals surface area contributed by atoms with Gasteiger partial charge in [-0.25, -0.2) is 0 Å². The number of nitrogens with two attached hydrogens (primary N) is 1. The van der Waals surface area contributed by atoms with E-state index in [-0.39, 0.29) is 18.8 Å². The lowest BCUT2D eigenvalue weighted by Crippen LogP contribution is -2.39. The molecule has 9 heavy (non-hydrogen) atoms. The van der Waals surface area contributed by atoms with E-state index in [0.29, 0.717) is 6.42 Å². The van der Waals surface area contributed by atoms with E-state index in [1.807, 2.05) is 0 Å². The zero-order chi connectivity index (χ0) is 6.85. The molecule has 1 saturated heterocycles. The van der Waals surface area contributed by atoms with Crippen molar-refractivity contribution < 1.29 is 10.2 Å². The maximum absolute atomic E-state index is 9.06. The Morgan fingerprint density at radius 1 is 1.67 bits per heavy atom. The maximum atomic E-state index is 9.06. The van der Waals surface area contributed by atoms with Crippen LogP contribution in [0.4, 0.5) is 0 Å². The van der Waals surface area contributed by atoms with Crippen molar-refractivity contribution in [1.82, 2.24) is 5.32 Å². The summed E-state index contributed by atoms with van der Waals surface area (Å²) in [6, 6.07) is -0.222. The van der Waals surface area contributed by atoms with Gasteiger partial charge in [-0.3, -0.25) is 5.32 Å². The summed E-state index contributed by atoms with van der Waals surface area (Å²) in [4.78, 5) is 0. The molecule has 5 N–H and O–H groups in total. The topological polar surface area (TPSA) is 78.5 Å². The van der Waals surface area contributed by atoms with E-state index in [2.05, 4.69) is 5.32 Å². The Balaban J connectivity index is 2.38. The second kappa shape index (κ2) is 2.62. The van der Waals surface area contributed by atoms with Crippen molar-refractivity contribution in [3.8, 4) is 0 Å². The average Bonchev–Trinajstić information content (AvgIpc) is 2.10. The van der Waals surface area contributed by atoms with Crippen molar-refractivity contribution >= 4 is 0 Å². The van der Waals surface area contributed by atoms with Gasteiger partial charge in [0, 0.05) is 6.42 Å². The van der Waals surface area contributed by atoms with Crippen LogP contribution in [0, 0.1) is 0 Å². The van der Waals surface area contributed by atoms with Crippen LogP contribution in [0.1, 0.15) is 6.42 Å². The van der Waals surface area contributed by atoms with E-state index in [9.17, 15) is 0 Å². The molecule has 0 aromatic rings. The lowest BCUT2D eigenvalue weighted by molar-refractivity contribution is 0.121. The molecule has 0 aromatic carbocycles. The van der Waals surface area contributed by atoms with Gasteiger partial charge in [0.2, 0.25) is 0 Å². The van der Waals surface area contributed by atoms with Gasteiger partial charge in [-0.05, 0) is 0 Å². The van der Waals surface area contributed by atoms with Gasteiger partial charge >= 0.3 is 0 Å². The normalized spacial score (nSPS) is 43.7. The molecule has 0 saturated carbocycles. The largest absolute Gasteiger partial charge is 0.395 e. The van der Waals surface area contributed by atoms with Crippen LogP contribution < -0.4 is 11.1 Å². The molecule has 4 heteroatoms. The molecule has 0 aromatic heterocycles. The smallest absolute Gasteiger partial charge is 0.0743 e. The van der Waals surface area contributed by atoms with Crippen molar-refractivity contribution in [1.29, 1.82) is 0 Å². The molecule has 0 amide bonds. The second-order valence-corrected chi connectivity index (χ2v) is 2.37. The van der Waals surface area contributed by atoms with E-state index < -0.39 is 6.10 Å². The molecule has 1 rings (SSSR count). The van der Waals surface area contributed by atoms with E-state index >= 15 is 0 Å². The quantitative estimate of drug-likeness (QED) is 0.332. The van der Waals surface area contributed by atoms with Gasteiger partial charge in [0.1, 0.15) is 0 Å². The zero-order valence-electron chi connectivity index (χ0n) is 5.12. The molecule has 54 valence electrons. The fourth-order valence-corrected chi connectivity index (χ4v) is 1.05. The Kier molecular flexibility index (Phi) is 2.02. The van der Waals surface area contributed by atoms with Crippen LogP contribution in [0.2, 0.25) is 0 Å². The van der Waals surface area contributed by atoms with E-state index in [1.165, 1.54) is 0 Å². The molecule has 1 aliphatic rings. The summed E-state index contributed by atoms with van der Waals surface area (Å²) >= 11 is 0. The molecule has 0 aliphatic carbocycles. The van der Waals surface area contributed by atoms with Crippen LogP contribution >= 0.6 is 0 Å². The number of hydrogen-bond donors (Lipinski definition) is 4. The van der Waals surface area contributed by atoms with E-state index in [4.69, 9.17) is 15.9 Å². The first-order chi connectivity index (χ1) is 4.24. The Bertz CT molecular complexity index is 99.0. The highest BCUT2D eigenvalue weighted by Crippen LogP contribution is 2.08. The van der Waals surface area contributed by atoms with Gasteiger partial charge in [0.15, 0.2) is 0 Å². The van der Waals surface area contributed by atoms with Crippen molar-refractivity contribution in [2.75, 3.05) is 6.61 Å². The number of nitrogens with one attached hydrogen (secondary N) is 1. The fourth-order valence-electron chi connectivity index (χ4n) is 1.05. The van der Waals surface area contributed by atoms with Gasteiger partial charge < -0.3 is 15.9 Å². The summed E-state index contributed by atoms with van der Waals surface area (Å²) in [6.07, 6.45) is -0.104. The summed E-state index contributed by atoms with van der Waals surface area (Å²) in [5, 5.41) is 20.5. The Morgan fingerprint density at radius 3 is 2.56 bits per heavy atom. The number of rotatable bonds is 1. The maximum Gasteiger partial charge on any atom is 0.0743 e. The monoisotopic (exact) mass is 132 g/mol. The second-order valence-electron chi connectivity index (χ2n) is 2.37. The number of aliphatic hydroxyl groups is 2. The predicted octanol–water partition coefficient (Wildman–Crippen LogP) is -2.01. The zero-order valence-corrected chi connectivity index (χ0v) is 5.12. The molecular weight excluding hydrogens is 120 g/mol. The van der Waals surface area contributed by atoms with Crippen LogP contribution in [0.15, 0.2) is 0 Å². The molecule has 0 bridgehead atoms. The van der Waals surface area contributed by atoms with Crippen molar-refractivity contribution in [3.05, 3.63) is 0 Å². The Labute approximate surface area is 53.7 Å². The van der Waals surface area contributed by atoms with Crippen molar-refractivity contribution in [2.45, 2.75) is 24.7 Å². The fraction of sp³-hybridized carbons (Fsp3) is 1.00. The van der Waals surface area contributed by atoms with E-state index in [1.54, 1.807) is 0 Å². The molecule has 4 nitrogen and oxygen atoms in total. The van der Waals surface area contributed by atoms with E-state index in [0.717, 1.165) is 0 Å². The highest BCUT2D eigenvalue weighted by atomic mass is 16.3.